The molecule has 1 aliphatic heterocycles. The standard InChI is InChI=1S/C54H69N11O10S2/c1-29(2)45-54(75)63-44(53(74)65-46(30(3)66)47(57)68)28-77-76-27-43(62-48(69)38(56)23-32-15-18-33-10-4-5-11-34(33)22-32)52(73)60-41(24-31-16-19-36(67)20-17-31)50(71)61-42(25-35-26-58-39-13-7-6-12-37(35)39)51(72)59-40(49(70)64-45)14-8-9-21-55/h4-7,10-13,15-20,22,26,29-30,38,40-46,58,66-67H,8-9,14,21,23-25,27-28,55-56H2,1-3H3,(H2,57,68)(H,59,72)(H,60,73)(H,61,71)(H,62,69)(H,63,75)(H,64,70)(H,65,74)/t30-,38-,40+,41+,42?,43?,44?,45?,46+/m1/s1. The molecular weight excluding hydrogens is 1030 g/mol. The predicted molar refractivity (Wildman–Crippen MR) is 296 cm³/mol. The van der Waals surface area contributed by atoms with Gasteiger partial charge in [0.15, 0.2) is 0 Å². The second-order valence-corrected chi connectivity index (χ2v) is 22.0. The van der Waals surface area contributed by atoms with Crippen LogP contribution in [-0.2, 0) is 57.6 Å². The number of amides is 8. The van der Waals surface area contributed by atoms with Crippen molar-refractivity contribution >= 4 is 90.5 Å². The van der Waals surface area contributed by atoms with Gasteiger partial charge in [-0.05, 0) is 90.7 Å². The molecule has 5 aromatic rings. The van der Waals surface area contributed by atoms with Gasteiger partial charge in [0.05, 0.1) is 12.1 Å². The van der Waals surface area contributed by atoms with Gasteiger partial charge in [-0.1, -0.05) is 108 Å². The first-order valence-electron chi connectivity index (χ1n) is 25.4. The van der Waals surface area contributed by atoms with Gasteiger partial charge in [0.25, 0.3) is 0 Å². The first-order chi connectivity index (χ1) is 36.8. The van der Waals surface area contributed by atoms with Gasteiger partial charge in [-0.2, -0.15) is 0 Å². The van der Waals surface area contributed by atoms with Crippen molar-refractivity contribution in [2.75, 3.05) is 18.1 Å². The van der Waals surface area contributed by atoms with Crippen LogP contribution in [0, 0.1) is 5.92 Å². The van der Waals surface area contributed by atoms with E-state index >= 15 is 0 Å². The normalized spacial score (nSPS) is 21.6. The highest BCUT2D eigenvalue weighted by Crippen LogP contribution is 2.25. The lowest BCUT2D eigenvalue weighted by Gasteiger charge is -2.29. The monoisotopic (exact) mass is 1100 g/mol. The van der Waals surface area contributed by atoms with Crippen molar-refractivity contribution in [2.45, 2.75) is 114 Å². The number of rotatable bonds is 17. The molecule has 0 aliphatic carbocycles. The molecular formula is C54H69N11O10S2. The van der Waals surface area contributed by atoms with Gasteiger partial charge < -0.3 is 69.6 Å². The summed E-state index contributed by atoms with van der Waals surface area (Å²) in [5.41, 5.74) is 20.5. The van der Waals surface area contributed by atoms with Crippen LogP contribution in [0.1, 0.15) is 56.7 Å². The Labute approximate surface area is 453 Å². The molecule has 2 heterocycles. The summed E-state index contributed by atoms with van der Waals surface area (Å²) in [6.07, 6.45) is 1.05. The molecule has 4 aromatic carbocycles. The lowest BCUT2D eigenvalue weighted by molar-refractivity contribution is -0.136. The SMILES string of the molecule is CC(C)C1NC(=O)[C@H](CCCCN)NC(=O)C(Cc2c[nH]c3ccccc23)NC(=O)[C@H](Cc2ccc(O)cc2)NC(=O)C(NC(=O)[C@H](N)Cc2ccc3ccccc3c2)CSSCC(C(=O)N[C@H](C(N)=O)[C@@H](C)O)NC1=O. The molecule has 6 rings (SSSR count). The Morgan fingerprint density at radius 3 is 2.03 bits per heavy atom. The number of benzene rings is 4. The lowest BCUT2D eigenvalue weighted by atomic mass is 10.00. The van der Waals surface area contributed by atoms with Gasteiger partial charge in [-0.15, -0.1) is 0 Å². The lowest BCUT2D eigenvalue weighted by Crippen LogP contribution is -2.62. The fourth-order valence-electron chi connectivity index (χ4n) is 8.71. The Morgan fingerprint density at radius 1 is 0.714 bits per heavy atom. The number of H-pyrrole nitrogens is 1. The number of phenols is 1. The number of nitrogens with two attached hydrogens (primary N) is 3. The van der Waals surface area contributed by atoms with Gasteiger partial charge in [0, 0.05) is 41.4 Å². The van der Waals surface area contributed by atoms with Crippen LogP contribution in [-0.4, -0.2) is 135 Å². The highest BCUT2D eigenvalue weighted by atomic mass is 33.1. The molecule has 1 saturated heterocycles. The zero-order valence-electron chi connectivity index (χ0n) is 43.1. The largest absolute Gasteiger partial charge is 0.508 e. The first-order valence-corrected chi connectivity index (χ1v) is 27.9. The van der Waals surface area contributed by atoms with Crippen molar-refractivity contribution < 1.29 is 48.6 Å². The summed E-state index contributed by atoms with van der Waals surface area (Å²) in [4.78, 5) is 116. The topological polar surface area (TPSA) is 355 Å². The quantitative estimate of drug-likeness (QED) is 0.0453. The summed E-state index contributed by atoms with van der Waals surface area (Å²) >= 11 is 0. The van der Waals surface area contributed by atoms with E-state index in [4.69, 9.17) is 17.2 Å². The molecule has 0 radical (unpaired) electrons. The molecule has 0 saturated carbocycles. The van der Waals surface area contributed by atoms with Crippen LogP contribution in [0.5, 0.6) is 5.75 Å². The summed E-state index contributed by atoms with van der Waals surface area (Å²) < 4.78 is 0. The Balaban J connectivity index is 1.39. The van der Waals surface area contributed by atoms with E-state index in [9.17, 15) is 48.6 Å². The molecule has 9 atom stereocenters. The number of unbranched alkanes of at least 4 members (excludes halogenated alkanes) is 1. The van der Waals surface area contributed by atoms with E-state index < -0.39 is 108 Å². The average Bonchev–Trinajstić information content (AvgIpc) is 3.81. The Kier molecular flexibility index (Phi) is 21.7. The Morgan fingerprint density at radius 2 is 1.34 bits per heavy atom. The molecule has 21 nitrogen and oxygen atoms in total. The van der Waals surface area contributed by atoms with E-state index in [0.29, 0.717) is 24.0 Å². The van der Waals surface area contributed by atoms with Gasteiger partial charge in [-0.25, -0.2) is 0 Å². The van der Waals surface area contributed by atoms with Crippen LogP contribution in [0.25, 0.3) is 21.7 Å². The molecule has 1 aliphatic rings. The number of carbonyl (C=O) groups is 8. The smallest absolute Gasteiger partial charge is 0.244 e. The van der Waals surface area contributed by atoms with Crippen molar-refractivity contribution in [3.63, 3.8) is 0 Å². The second kappa shape index (κ2) is 28.3. The van der Waals surface area contributed by atoms with Crippen molar-refractivity contribution in [1.82, 2.24) is 42.2 Å². The minimum Gasteiger partial charge on any atom is -0.508 e. The molecule has 0 spiro atoms. The van der Waals surface area contributed by atoms with Crippen LogP contribution in [0.15, 0.2) is 97.2 Å². The highest BCUT2D eigenvalue weighted by molar-refractivity contribution is 8.76. The van der Waals surface area contributed by atoms with Gasteiger partial charge in [-0.3, -0.25) is 38.4 Å². The number of hydrogen-bond donors (Lipinski definition) is 13. The van der Waals surface area contributed by atoms with Gasteiger partial charge in [0.2, 0.25) is 47.3 Å². The van der Waals surface area contributed by atoms with Gasteiger partial charge >= 0.3 is 0 Å². The Bertz CT molecular complexity index is 2890. The third kappa shape index (κ3) is 16.9. The molecule has 16 N–H and O–H groups in total. The first kappa shape index (κ1) is 59.1. The average molecular weight is 1100 g/mol. The zero-order valence-corrected chi connectivity index (χ0v) is 44.7. The van der Waals surface area contributed by atoms with Crippen molar-refractivity contribution in [2.24, 2.45) is 23.1 Å². The number of fused-ring (bicyclic) bond motifs is 2. The molecule has 23 heteroatoms. The number of phenolic OH excluding ortho intramolecular Hbond substituents is 1. The molecule has 77 heavy (non-hydrogen) atoms. The minimum absolute atomic E-state index is 0.0501. The van der Waals surface area contributed by atoms with E-state index in [1.807, 2.05) is 66.7 Å². The number of primary amides is 1. The van der Waals surface area contributed by atoms with E-state index in [-0.39, 0.29) is 49.5 Å². The van der Waals surface area contributed by atoms with Gasteiger partial charge in [0.1, 0.15) is 48.0 Å². The number of hydrogen-bond acceptors (Lipinski definition) is 14. The predicted octanol–water partition coefficient (Wildman–Crippen LogP) is 0.822. The third-order valence-electron chi connectivity index (χ3n) is 13.1. The van der Waals surface area contributed by atoms with Crippen LogP contribution in [0.3, 0.4) is 0 Å². The summed E-state index contributed by atoms with van der Waals surface area (Å²) in [7, 11) is 2.03. The summed E-state index contributed by atoms with van der Waals surface area (Å²) in [5, 5.41) is 42.1. The molecule has 0 bridgehead atoms. The highest BCUT2D eigenvalue weighted by Gasteiger charge is 2.36. The number of aromatic nitrogens is 1. The fourth-order valence-corrected chi connectivity index (χ4v) is 11.0. The van der Waals surface area contributed by atoms with E-state index in [0.717, 1.165) is 48.8 Å². The molecule has 1 fully saturated rings. The number of carbonyl (C=O) groups excluding carboxylic acids is 8. The summed E-state index contributed by atoms with van der Waals surface area (Å²) in [6.45, 7) is 4.85. The van der Waals surface area contributed by atoms with Crippen molar-refractivity contribution in [3.05, 3.63) is 114 Å². The number of aliphatic hydroxyl groups excluding tert-OH is 1. The number of nitrogens with one attached hydrogen (secondary N) is 8. The maximum atomic E-state index is 14.9. The van der Waals surface area contributed by atoms with E-state index in [1.54, 1.807) is 32.2 Å². The van der Waals surface area contributed by atoms with Crippen LogP contribution >= 0.6 is 21.6 Å². The molecule has 4 unspecified atom stereocenters. The number of aromatic amines is 1. The zero-order chi connectivity index (χ0) is 55.8. The Hall–Kier alpha value is -7.18. The van der Waals surface area contributed by atoms with E-state index in [1.165, 1.54) is 19.1 Å². The maximum Gasteiger partial charge on any atom is 0.244 e. The molecule has 8 amide bonds. The number of para-hydroxylation sites is 1. The number of aliphatic hydroxyl groups is 1. The van der Waals surface area contributed by atoms with Crippen LogP contribution in [0.4, 0.5) is 0 Å². The molecule has 1 aromatic heterocycles. The van der Waals surface area contributed by atoms with Crippen LogP contribution in [0.2, 0.25) is 0 Å². The van der Waals surface area contributed by atoms with Crippen molar-refractivity contribution in [3.8, 4) is 5.75 Å². The maximum absolute atomic E-state index is 14.9. The fraction of sp³-hybridized carbons (Fsp3) is 0.407. The molecule has 412 valence electrons. The van der Waals surface area contributed by atoms with Crippen molar-refractivity contribution in [1.29, 1.82) is 0 Å². The summed E-state index contributed by atoms with van der Waals surface area (Å²) in [5.74, 6) is -7.66. The minimum atomic E-state index is -1.55. The number of aromatic hydroxyl groups is 1. The third-order valence-corrected chi connectivity index (χ3v) is 15.5. The second-order valence-electron chi connectivity index (χ2n) is 19.4. The summed E-state index contributed by atoms with van der Waals surface area (Å²) in [6, 6.07) is 15.8. The van der Waals surface area contributed by atoms with E-state index in [2.05, 4.69) is 42.2 Å². The van der Waals surface area contributed by atoms with Crippen LogP contribution < -0.4 is 54.4 Å².